The van der Waals surface area contributed by atoms with Crippen molar-refractivity contribution in [2.24, 2.45) is 0 Å². The van der Waals surface area contributed by atoms with Gasteiger partial charge in [0, 0.05) is 19.2 Å². The molecule has 0 saturated carbocycles. The van der Waals surface area contributed by atoms with E-state index in [1.807, 2.05) is 6.92 Å². The third kappa shape index (κ3) is 4.03. The van der Waals surface area contributed by atoms with Gasteiger partial charge in [0.2, 0.25) is 5.91 Å². The van der Waals surface area contributed by atoms with Crippen LogP contribution in [0.5, 0.6) is 5.75 Å². The van der Waals surface area contributed by atoms with Gasteiger partial charge in [-0.15, -0.1) is 0 Å². The molecule has 20 heavy (non-hydrogen) atoms. The molecule has 0 bridgehead atoms. The lowest BCUT2D eigenvalue weighted by atomic mass is 10.0. The minimum atomic E-state index is -0.584. The minimum Gasteiger partial charge on any atom is -0.507 e. The van der Waals surface area contributed by atoms with Crippen molar-refractivity contribution in [3.8, 4) is 5.75 Å². The van der Waals surface area contributed by atoms with Gasteiger partial charge in [-0.1, -0.05) is 6.92 Å². The summed E-state index contributed by atoms with van der Waals surface area (Å²) < 4.78 is 13.5. The summed E-state index contributed by atoms with van der Waals surface area (Å²) in [6.07, 6.45) is 0. The van der Waals surface area contributed by atoms with Crippen molar-refractivity contribution in [2.75, 3.05) is 20.1 Å². The number of carbonyl (C=O) groups is 2. The van der Waals surface area contributed by atoms with Crippen LogP contribution in [0.3, 0.4) is 0 Å². The molecule has 1 aromatic carbocycles. The number of phenolic OH excluding ortho intramolecular Hbond substituents is 1. The molecule has 0 atom stereocenters. The number of hydrogen-bond donors (Lipinski definition) is 2. The minimum absolute atomic E-state index is 0.0454. The van der Waals surface area contributed by atoms with Gasteiger partial charge in [-0.3, -0.25) is 14.5 Å². The second-order valence-electron chi connectivity index (χ2n) is 4.49. The van der Waals surface area contributed by atoms with E-state index < -0.39 is 11.6 Å². The molecule has 0 spiro atoms. The first kappa shape index (κ1) is 16.1. The smallest absolute Gasteiger partial charge is 0.233 e. The number of nitrogens with zero attached hydrogens (tertiary/aromatic N) is 1. The largest absolute Gasteiger partial charge is 0.507 e. The second kappa shape index (κ2) is 7.00. The third-order valence-corrected chi connectivity index (χ3v) is 3.02. The molecule has 0 aliphatic rings. The highest BCUT2D eigenvalue weighted by atomic mass is 19.1. The summed E-state index contributed by atoms with van der Waals surface area (Å²) >= 11 is 0. The maximum Gasteiger partial charge on any atom is 0.233 e. The van der Waals surface area contributed by atoms with Crippen molar-refractivity contribution in [1.29, 1.82) is 0 Å². The van der Waals surface area contributed by atoms with E-state index in [4.69, 9.17) is 0 Å². The van der Waals surface area contributed by atoms with Crippen molar-refractivity contribution in [1.82, 2.24) is 10.2 Å². The second-order valence-corrected chi connectivity index (χ2v) is 4.49. The van der Waals surface area contributed by atoms with Gasteiger partial charge in [0.1, 0.15) is 11.6 Å². The number of likely N-dealkylation sites (N-methyl/N-ethyl adjacent to an activating group) is 2. The van der Waals surface area contributed by atoms with Crippen LogP contribution in [0.2, 0.25) is 0 Å². The fraction of sp³-hybridized carbons (Fsp3) is 0.429. The van der Waals surface area contributed by atoms with E-state index in [1.165, 1.54) is 20.0 Å². The van der Waals surface area contributed by atoms with Gasteiger partial charge in [0.15, 0.2) is 5.78 Å². The zero-order valence-corrected chi connectivity index (χ0v) is 11.9. The molecule has 2 N–H and O–H groups in total. The summed E-state index contributed by atoms with van der Waals surface area (Å²) in [5.41, 5.74) is 0.247. The van der Waals surface area contributed by atoms with Gasteiger partial charge in [0.25, 0.3) is 0 Å². The average molecular weight is 282 g/mol. The predicted molar refractivity (Wildman–Crippen MR) is 73.1 cm³/mol. The highest BCUT2D eigenvalue weighted by Crippen LogP contribution is 2.26. The Bertz CT molecular complexity index is 517. The lowest BCUT2D eigenvalue weighted by molar-refractivity contribution is -0.121. The number of aromatic hydroxyl groups is 1. The Morgan fingerprint density at radius 3 is 2.55 bits per heavy atom. The van der Waals surface area contributed by atoms with Crippen LogP contribution in [0.15, 0.2) is 12.1 Å². The number of phenols is 1. The molecule has 0 heterocycles. The molecule has 110 valence electrons. The number of amides is 1. The normalized spacial score (nSPS) is 10.7. The van der Waals surface area contributed by atoms with Crippen LogP contribution in [0.25, 0.3) is 0 Å². The van der Waals surface area contributed by atoms with Gasteiger partial charge in [-0.05, 0) is 25.6 Å². The van der Waals surface area contributed by atoms with E-state index in [0.29, 0.717) is 12.1 Å². The Balaban J connectivity index is 3.01. The Morgan fingerprint density at radius 2 is 2.05 bits per heavy atom. The Labute approximate surface area is 117 Å². The SMILES string of the molecule is CCN(CC(=O)NC)Cc1cc(F)cc(C(C)=O)c1O. The number of carbonyl (C=O) groups excluding carboxylic acids is 2. The van der Waals surface area contributed by atoms with Crippen LogP contribution in [-0.4, -0.2) is 41.8 Å². The van der Waals surface area contributed by atoms with E-state index in [-0.39, 0.29) is 30.3 Å². The van der Waals surface area contributed by atoms with Crippen molar-refractivity contribution in [2.45, 2.75) is 20.4 Å². The van der Waals surface area contributed by atoms with Gasteiger partial charge < -0.3 is 10.4 Å². The molecular weight excluding hydrogens is 263 g/mol. The molecule has 1 amide bonds. The Morgan fingerprint density at radius 1 is 1.40 bits per heavy atom. The van der Waals surface area contributed by atoms with Crippen molar-refractivity contribution in [3.63, 3.8) is 0 Å². The predicted octanol–water partition coefficient (Wildman–Crippen LogP) is 1.30. The molecule has 0 saturated heterocycles. The van der Waals surface area contributed by atoms with Crippen LogP contribution >= 0.6 is 0 Å². The highest BCUT2D eigenvalue weighted by Gasteiger charge is 2.16. The summed E-state index contributed by atoms with van der Waals surface area (Å²) in [5, 5.41) is 12.5. The summed E-state index contributed by atoms with van der Waals surface area (Å²) in [4.78, 5) is 24.4. The van der Waals surface area contributed by atoms with Crippen LogP contribution < -0.4 is 5.32 Å². The number of Topliss-reactive ketones (excluding diaryl/α,β-unsaturated/α-hetero) is 1. The monoisotopic (exact) mass is 282 g/mol. The van der Waals surface area contributed by atoms with Gasteiger partial charge in [-0.2, -0.15) is 0 Å². The van der Waals surface area contributed by atoms with E-state index >= 15 is 0 Å². The molecule has 0 aromatic heterocycles. The first-order valence-corrected chi connectivity index (χ1v) is 6.34. The zero-order valence-electron chi connectivity index (χ0n) is 11.9. The van der Waals surface area contributed by atoms with Crippen LogP contribution in [0, 0.1) is 5.82 Å². The van der Waals surface area contributed by atoms with Gasteiger partial charge in [-0.25, -0.2) is 4.39 Å². The van der Waals surface area contributed by atoms with Crippen molar-refractivity contribution < 1.29 is 19.1 Å². The number of benzene rings is 1. The van der Waals surface area contributed by atoms with E-state index in [9.17, 15) is 19.1 Å². The maximum absolute atomic E-state index is 13.5. The maximum atomic E-state index is 13.5. The first-order valence-electron chi connectivity index (χ1n) is 6.34. The van der Waals surface area contributed by atoms with E-state index in [0.717, 1.165) is 6.07 Å². The van der Waals surface area contributed by atoms with E-state index in [2.05, 4.69) is 5.32 Å². The summed E-state index contributed by atoms with van der Waals surface area (Å²) in [7, 11) is 1.53. The molecule has 5 nitrogen and oxygen atoms in total. The molecule has 1 rings (SSSR count). The number of rotatable bonds is 6. The quantitative estimate of drug-likeness (QED) is 0.772. The lowest BCUT2D eigenvalue weighted by Gasteiger charge is -2.20. The molecule has 0 aliphatic carbocycles. The Kier molecular flexibility index (Phi) is 5.64. The Hall–Kier alpha value is -1.95. The third-order valence-electron chi connectivity index (χ3n) is 3.02. The fourth-order valence-corrected chi connectivity index (χ4v) is 1.85. The van der Waals surface area contributed by atoms with Crippen molar-refractivity contribution in [3.05, 3.63) is 29.1 Å². The fourth-order valence-electron chi connectivity index (χ4n) is 1.85. The standard InChI is InChI=1S/C14H19FN2O3/c1-4-17(8-13(19)16-3)7-10-5-11(15)6-12(9(2)18)14(10)20/h5-6,20H,4,7-8H2,1-3H3,(H,16,19). The number of halogens is 1. The van der Waals surface area contributed by atoms with Gasteiger partial charge in [0.05, 0.1) is 12.1 Å². The lowest BCUT2D eigenvalue weighted by Crippen LogP contribution is -2.35. The molecule has 0 fully saturated rings. The molecular formula is C14H19FN2O3. The number of hydrogen-bond acceptors (Lipinski definition) is 4. The van der Waals surface area contributed by atoms with Crippen LogP contribution in [0.4, 0.5) is 4.39 Å². The molecule has 0 aliphatic heterocycles. The summed E-state index contributed by atoms with van der Waals surface area (Å²) in [6, 6.07) is 2.19. The molecule has 0 radical (unpaired) electrons. The van der Waals surface area contributed by atoms with Crippen LogP contribution in [0.1, 0.15) is 29.8 Å². The van der Waals surface area contributed by atoms with Crippen LogP contribution in [-0.2, 0) is 11.3 Å². The average Bonchev–Trinajstić information content (AvgIpc) is 2.40. The molecule has 0 unspecified atom stereocenters. The summed E-state index contributed by atoms with van der Waals surface area (Å²) in [6.45, 7) is 4.00. The zero-order chi connectivity index (χ0) is 15.3. The number of nitrogens with one attached hydrogen (secondary N) is 1. The highest BCUT2D eigenvalue weighted by molar-refractivity contribution is 5.97. The van der Waals surface area contributed by atoms with Gasteiger partial charge >= 0.3 is 0 Å². The topological polar surface area (TPSA) is 69.6 Å². The van der Waals surface area contributed by atoms with Crippen molar-refractivity contribution >= 4 is 11.7 Å². The number of ketones is 1. The first-order chi connectivity index (χ1) is 9.38. The van der Waals surface area contributed by atoms with E-state index in [1.54, 1.807) is 4.90 Å². The molecule has 1 aromatic rings. The summed E-state index contributed by atoms with van der Waals surface area (Å²) in [5.74, 6) is -1.39. The molecule has 6 heteroatoms.